The third-order valence-electron chi connectivity index (χ3n) is 6.59. The number of aromatic nitrogens is 2. The van der Waals surface area contributed by atoms with Crippen molar-refractivity contribution >= 4 is 29.4 Å². The fraction of sp³-hybridized carbons (Fsp3) is 0.435. The first-order chi connectivity index (χ1) is 16.0. The van der Waals surface area contributed by atoms with Crippen LogP contribution in [0.1, 0.15) is 25.7 Å². The van der Waals surface area contributed by atoms with Gasteiger partial charge in [-0.3, -0.25) is 9.59 Å². The molecule has 0 bridgehead atoms. The monoisotopic (exact) mass is 453 g/mol. The molecule has 0 N–H and O–H groups in total. The third kappa shape index (κ3) is 4.12. The Morgan fingerprint density at radius 1 is 0.909 bits per heavy atom. The Morgan fingerprint density at radius 3 is 2.18 bits per heavy atom. The molecule has 33 heavy (non-hydrogen) atoms. The number of anilines is 2. The number of pyridine rings is 2. The number of imide groups is 1. The molecule has 1 saturated carbocycles. The third-order valence-corrected chi connectivity index (χ3v) is 6.59. The molecule has 2 unspecified atom stereocenters. The molecule has 9 nitrogen and oxygen atoms in total. The van der Waals surface area contributed by atoms with Crippen LogP contribution in [0.4, 0.5) is 20.7 Å². The number of fused-ring (bicyclic) bond motifs is 1. The molecule has 3 aliphatic rings. The Kier molecular flexibility index (Phi) is 5.65. The largest absolute Gasteiger partial charge is 0.416 e. The maximum Gasteiger partial charge on any atom is 0.416 e. The summed E-state index contributed by atoms with van der Waals surface area (Å²) in [5.74, 6) is -0.415. The number of carbonyl (C=O) groups is 3. The Morgan fingerprint density at radius 2 is 1.61 bits per heavy atom. The van der Waals surface area contributed by atoms with Gasteiger partial charge in [-0.2, -0.15) is 0 Å². The molecule has 2 atom stereocenters. The van der Waals surface area contributed by atoms with Crippen molar-refractivity contribution in [2.75, 3.05) is 36.0 Å². The minimum absolute atomic E-state index is 0.0999. The standard InChI is InChI=1S/C23H24FN5O4/c24-15-5-7-19(25-13-15)27-9-11-28(12-10-27)23(32)33-20-8-6-16(14-26-20)29-21(30)17-3-1-2-4-18(17)22(29)31/h5-8,13-14,17-18H,1-4,9-12H2. The first kappa shape index (κ1) is 21.3. The molecule has 0 spiro atoms. The fourth-order valence-electron chi connectivity index (χ4n) is 4.81. The lowest BCUT2D eigenvalue weighted by atomic mass is 9.81. The van der Waals surface area contributed by atoms with Gasteiger partial charge in [-0.05, 0) is 31.0 Å². The number of piperazine rings is 1. The SMILES string of the molecule is O=C(Oc1ccc(N2C(=O)C3CCCCC3C2=O)cn1)N1CCN(c2ccc(F)cn2)CC1. The molecule has 1 aliphatic carbocycles. The molecule has 3 fully saturated rings. The average Bonchev–Trinajstić information content (AvgIpc) is 3.10. The van der Waals surface area contributed by atoms with Crippen LogP contribution in [-0.2, 0) is 9.59 Å². The highest BCUT2D eigenvalue weighted by molar-refractivity contribution is 6.22. The normalized spacial score (nSPS) is 23.0. The minimum Gasteiger partial charge on any atom is -0.391 e. The minimum atomic E-state index is -0.527. The lowest BCUT2D eigenvalue weighted by Gasteiger charge is -2.34. The van der Waals surface area contributed by atoms with Crippen LogP contribution in [0.2, 0.25) is 0 Å². The summed E-state index contributed by atoms with van der Waals surface area (Å²) >= 11 is 0. The Labute approximate surface area is 190 Å². The first-order valence-corrected chi connectivity index (χ1v) is 11.2. The summed E-state index contributed by atoms with van der Waals surface area (Å²) in [6.45, 7) is 1.94. The van der Waals surface area contributed by atoms with Crippen molar-refractivity contribution in [3.63, 3.8) is 0 Å². The van der Waals surface area contributed by atoms with E-state index in [4.69, 9.17) is 4.74 Å². The zero-order chi connectivity index (χ0) is 22.9. The van der Waals surface area contributed by atoms with Gasteiger partial charge in [0.1, 0.15) is 11.6 Å². The van der Waals surface area contributed by atoms with Crippen LogP contribution in [0.5, 0.6) is 5.88 Å². The zero-order valence-corrected chi connectivity index (χ0v) is 18.0. The van der Waals surface area contributed by atoms with E-state index in [1.807, 2.05) is 4.90 Å². The maximum absolute atomic E-state index is 13.1. The van der Waals surface area contributed by atoms with Crippen LogP contribution in [0.25, 0.3) is 0 Å². The second-order valence-electron chi connectivity index (χ2n) is 8.54. The molecule has 2 aromatic heterocycles. The van der Waals surface area contributed by atoms with Gasteiger partial charge in [0.15, 0.2) is 0 Å². The van der Waals surface area contributed by atoms with E-state index in [0.717, 1.165) is 25.7 Å². The van der Waals surface area contributed by atoms with E-state index < -0.39 is 11.9 Å². The summed E-state index contributed by atoms with van der Waals surface area (Å²) in [7, 11) is 0. The predicted molar refractivity (Wildman–Crippen MR) is 116 cm³/mol. The highest BCUT2D eigenvalue weighted by Gasteiger charge is 2.48. The van der Waals surface area contributed by atoms with Gasteiger partial charge in [0.2, 0.25) is 17.7 Å². The molecular weight excluding hydrogens is 429 g/mol. The molecule has 2 aliphatic heterocycles. The van der Waals surface area contributed by atoms with Crippen molar-refractivity contribution in [3.8, 4) is 5.88 Å². The molecule has 5 rings (SSSR count). The number of hydrogen-bond donors (Lipinski definition) is 0. The van der Waals surface area contributed by atoms with E-state index in [1.54, 1.807) is 17.0 Å². The summed E-state index contributed by atoms with van der Waals surface area (Å²) in [6.07, 6.45) is 5.47. The van der Waals surface area contributed by atoms with Gasteiger partial charge >= 0.3 is 6.09 Å². The summed E-state index contributed by atoms with van der Waals surface area (Å²) in [4.78, 5) is 51.0. The van der Waals surface area contributed by atoms with Crippen LogP contribution in [0.15, 0.2) is 36.7 Å². The lowest BCUT2D eigenvalue weighted by molar-refractivity contribution is -0.122. The second-order valence-corrected chi connectivity index (χ2v) is 8.54. The van der Waals surface area contributed by atoms with Crippen LogP contribution >= 0.6 is 0 Å². The molecule has 10 heteroatoms. The van der Waals surface area contributed by atoms with Crippen LogP contribution in [0, 0.1) is 17.7 Å². The van der Waals surface area contributed by atoms with Crippen molar-refractivity contribution in [3.05, 3.63) is 42.5 Å². The van der Waals surface area contributed by atoms with E-state index in [2.05, 4.69) is 9.97 Å². The summed E-state index contributed by atoms with van der Waals surface area (Å²) in [6, 6.07) is 6.05. The van der Waals surface area contributed by atoms with Gasteiger partial charge in [0, 0.05) is 32.2 Å². The number of carbonyl (C=O) groups excluding carboxylic acids is 3. The maximum atomic E-state index is 13.1. The highest BCUT2D eigenvalue weighted by Crippen LogP contribution is 2.40. The first-order valence-electron chi connectivity index (χ1n) is 11.2. The van der Waals surface area contributed by atoms with Crippen LogP contribution in [0.3, 0.4) is 0 Å². The van der Waals surface area contributed by atoms with Gasteiger partial charge in [0.05, 0.1) is 29.9 Å². The van der Waals surface area contributed by atoms with Gasteiger partial charge < -0.3 is 14.5 Å². The van der Waals surface area contributed by atoms with Gasteiger partial charge in [0.25, 0.3) is 0 Å². The summed E-state index contributed by atoms with van der Waals surface area (Å²) in [5.41, 5.74) is 0.402. The Hall–Kier alpha value is -3.56. The number of ether oxygens (including phenoxy) is 1. The molecule has 0 aromatic carbocycles. The van der Waals surface area contributed by atoms with Gasteiger partial charge in [-0.1, -0.05) is 12.8 Å². The van der Waals surface area contributed by atoms with E-state index in [-0.39, 0.29) is 29.5 Å². The van der Waals surface area contributed by atoms with E-state index in [9.17, 15) is 18.8 Å². The number of amides is 3. The van der Waals surface area contributed by atoms with Gasteiger partial charge in [-0.25, -0.2) is 24.1 Å². The van der Waals surface area contributed by atoms with Gasteiger partial charge in [-0.15, -0.1) is 0 Å². The molecule has 3 amide bonds. The number of halogens is 1. The van der Waals surface area contributed by atoms with Crippen molar-refractivity contribution in [2.45, 2.75) is 25.7 Å². The molecule has 2 aromatic rings. The average molecular weight is 453 g/mol. The highest BCUT2D eigenvalue weighted by atomic mass is 19.1. The van der Waals surface area contributed by atoms with E-state index in [1.165, 1.54) is 29.4 Å². The lowest BCUT2D eigenvalue weighted by Crippen LogP contribution is -2.49. The Bertz CT molecular complexity index is 1030. The number of hydrogen-bond acceptors (Lipinski definition) is 7. The second kappa shape index (κ2) is 8.76. The molecule has 0 radical (unpaired) electrons. The number of rotatable bonds is 3. The summed E-state index contributed by atoms with van der Waals surface area (Å²) in [5, 5.41) is 0. The quantitative estimate of drug-likeness (QED) is 0.659. The van der Waals surface area contributed by atoms with Crippen molar-refractivity contribution in [1.82, 2.24) is 14.9 Å². The van der Waals surface area contributed by atoms with E-state index in [0.29, 0.717) is 37.7 Å². The van der Waals surface area contributed by atoms with E-state index >= 15 is 0 Å². The summed E-state index contributed by atoms with van der Waals surface area (Å²) < 4.78 is 18.4. The van der Waals surface area contributed by atoms with Crippen LogP contribution < -0.4 is 14.5 Å². The molecule has 172 valence electrons. The predicted octanol–water partition coefficient (Wildman–Crippen LogP) is 2.62. The Balaban J connectivity index is 1.18. The molecule has 4 heterocycles. The molecular formula is C23H24FN5O4. The smallest absolute Gasteiger partial charge is 0.391 e. The fourth-order valence-corrected chi connectivity index (χ4v) is 4.81. The van der Waals surface area contributed by atoms with Crippen molar-refractivity contribution in [2.24, 2.45) is 11.8 Å². The number of nitrogens with zero attached hydrogens (tertiary/aromatic N) is 5. The van der Waals surface area contributed by atoms with Crippen molar-refractivity contribution < 1.29 is 23.5 Å². The topological polar surface area (TPSA) is 95.9 Å². The molecule has 2 saturated heterocycles. The zero-order valence-electron chi connectivity index (χ0n) is 18.0. The van der Waals surface area contributed by atoms with Crippen LogP contribution in [-0.4, -0.2) is 59.0 Å². The van der Waals surface area contributed by atoms with Crippen molar-refractivity contribution in [1.29, 1.82) is 0 Å².